The monoisotopic (exact) mass is 390 g/mol. The lowest BCUT2D eigenvalue weighted by atomic mass is 10.1. The van der Waals surface area contributed by atoms with E-state index in [4.69, 9.17) is 4.74 Å². The van der Waals surface area contributed by atoms with Gasteiger partial charge in [-0.05, 0) is 18.2 Å². The van der Waals surface area contributed by atoms with E-state index in [0.29, 0.717) is 51.6 Å². The highest BCUT2D eigenvalue weighted by Gasteiger charge is 2.24. The molecule has 2 amide bonds. The van der Waals surface area contributed by atoms with Gasteiger partial charge in [-0.1, -0.05) is 0 Å². The third kappa shape index (κ3) is 4.99. The van der Waals surface area contributed by atoms with E-state index in [1.807, 2.05) is 4.90 Å². The van der Waals surface area contributed by atoms with E-state index in [1.165, 1.54) is 19.1 Å². The summed E-state index contributed by atoms with van der Waals surface area (Å²) in [5.41, 5.74) is 1.41. The molecular formula is C19H26N4O5. The molecule has 1 aromatic carbocycles. The zero-order valence-corrected chi connectivity index (χ0v) is 16.0. The fourth-order valence-electron chi connectivity index (χ4n) is 3.49. The number of aromatic carboxylic acids is 1. The second-order valence-corrected chi connectivity index (χ2v) is 6.97. The first kappa shape index (κ1) is 20.1. The Labute approximate surface area is 163 Å². The van der Waals surface area contributed by atoms with Gasteiger partial charge in [0.15, 0.2) is 0 Å². The molecule has 152 valence electrons. The summed E-state index contributed by atoms with van der Waals surface area (Å²) in [6.07, 6.45) is 0. The third-order valence-electron chi connectivity index (χ3n) is 4.99. The molecule has 0 aromatic heterocycles. The Morgan fingerprint density at radius 1 is 1.07 bits per heavy atom. The molecule has 0 radical (unpaired) electrons. The van der Waals surface area contributed by atoms with Crippen LogP contribution in [0.2, 0.25) is 0 Å². The minimum absolute atomic E-state index is 0.126. The van der Waals surface area contributed by atoms with E-state index < -0.39 is 5.97 Å². The van der Waals surface area contributed by atoms with Crippen molar-refractivity contribution in [3.8, 4) is 0 Å². The number of rotatable bonds is 5. The highest BCUT2D eigenvalue weighted by Crippen LogP contribution is 2.28. The maximum absolute atomic E-state index is 12.4. The van der Waals surface area contributed by atoms with Gasteiger partial charge in [-0.15, -0.1) is 0 Å². The first-order chi connectivity index (χ1) is 13.4. The average molecular weight is 390 g/mol. The van der Waals surface area contributed by atoms with Crippen molar-refractivity contribution in [3.05, 3.63) is 23.8 Å². The summed E-state index contributed by atoms with van der Waals surface area (Å²) in [5.74, 6) is -1.16. The van der Waals surface area contributed by atoms with Gasteiger partial charge in [0, 0.05) is 46.2 Å². The lowest BCUT2D eigenvalue weighted by Crippen LogP contribution is -2.51. The Morgan fingerprint density at radius 2 is 1.75 bits per heavy atom. The van der Waals surface area contributed by atoms with Crippen molar-refractivity contribution < 1.29 is 24.2 Å². The van der Waals surface area contributed by atoms with Gasteiger partial charge in [0.25, 0.3) is 0 Å². The van der Waals surface area contributed by atoms with Crippen molar-refractivity contribution in [2.75, 3.05) is 69.2 Å². The third-order valence-corrected chi connectivity index (χ3v) is 4.99. The quantitative estimate of drug-likeness (QED) is 0.747. The Balaban J connectivity index is 1.61. The lowest BCUT2D eigenvalue weighted by Gasteiger charge is -2.37. The Kier molecular flexibility index (Phi) is 6.48. The summed E-state index contributed by atoms with van der Waals surface area (Å²) in [4.78, 5) is 41.2. The minimum atomic E-state index is -1.04. The molecule has 2 heterocycles. The molecule has 28 heavy (non-hydrogen) atoms. The van der Waals surface area contributed by atoms with Crippen LogP contribution in [0.5, 0.6) is 0 Å². The summed E-state index contributed by atoms with van der Waals surface area (Å²) in [6, 6.07) is 4.74. The van der Waals surface area contributed by atoms with Crippen molar-refractivity contribution >= 4 is 29.2 Å². The molecule has 2 fully saturated rings. The van der Waals surface area contributed by atoms with Gasteiger partial charge in [0.1, 0.15) is 0 Å². The second kappa shape index (κ2) is 9.03. The van der Waals surface area contributed by atoms with Crippen LogP contribution in [0.15, 0.2) is 18.2 Å². The van der Waals surface area contributed by atoms with Crippen LogP contribution in [0.25, 0.3) is 0 Å². The molecule has 2 aliphatic heterocycles. The van der Waals surface area contributed by atoms with Crippen LogP contribution in [-0.4, -0.2) is 91.7 Å². The topological polar surface area (TPSA) is 102 Å². The number of carbonyl (C=O) groups excluding carboxylic acids is 2. The van der Waals surface area contributed by atoms with Crippen LogP contribution in [0.1, 0.15) is 17.3 Å². The normalized spacial score (nSPS) is 18.0. The van der Waals surface area contributed by atoms with Gasteiger partial charge < -0.3 is 25.0 Å². The number of morpholine rings is 1. The van der Waals surface area contributed by atoms with E-state index in [-0.39, 0.29) is 17.4 Å². The number of carboxylic acid groups (broad SMARTS) is 1. The molecular weight excluding hydrogens is 364 g/mol. The highest BCUT2D eigenvalue weighted by atomic mass is 16.5. The zero-order chi connectivity index (χ0) is 20.1. The average Bonchev–Trinajstić information content (AvgIpc) is 2.69. The van der Waals surface area contributed by atoms with E-state index in [1.54, 1.807) is 6.07 Å². The van der Waals surface area contributed by atoms with Crippen LogP contribution in [0.3, 0.4) is 0 Å². The van der Waals surface area contributed by atoms with Crippen molar-refractivity contribution in [2.24, 2.45) is 0 Å². The van der Waals surface area contributed by atoms with Crippen LogP contribution in [0.4, 0.5) is 11.4 Å². The maximum atomic E-state index is 12.4. The van der Waals surface area contributed by atoms with Crippen molar-refractivity contribution in [2.45, 2.75) is 6.92 Å². The van der Waals surface area contributed by atoms with Crippen LogP contribution in [0, 0.1) is 0 Å². The zero-order valence-electron chi connectivity index (χ0n) is 16.0. The summed E-state index contributed by atoms with van der Waals surface area (Å²) in [6.45, 7) is 7.09. The number of amides is 2. The molecule has 2 aliphatic rings. The van der Waals surface area contributed by atoms with Crippen LogP contribution in [-0.2, 0) is 14.3 Å². The van der Waals surface area contributed by atoms with E-state index >= 15 is 0 Å². The Bertz CT molecular complexity index is 740. The minimum Gasteiger partial charge on any atom is -0.478 e. The molecule has 0 aliphatic carbocycles. The number of piperazine rings is 1. The van der Waals surface area contributed by atoms with Gasteiger partial charge in [-0.2, -0.15) is 0 Å². The van der Waals surface area contributed by atoms with Crippen molar-refractivity contribution in [3.63, 3.8) is 0 Å². The first-order valence-electron chi connectivity index (χ1n) is 9.42. The largest absolute Gasteiger partial charge is 0.478 e. The van der Waals surface area contributed by atoms with Crippen molar-refractivity contribution in [1.29, 1.82) is 0 Å². The molecule has 1 aromatic rings. The molecule has 0 atom stereocenters. The molecule has 0 unspecified atom stereocenters. The highest BCUT2D eigenvalue weighted by molar-refractivity contribution is 5.96. The standard InChI is InChI=1S/C19H26N4O5/c1-14(24)20-16-12-15(19(26)27)2-3-17(16)22-6-4-21(5-7-22)13-18(25)23-8-10-28-11-9-23/h2-3,12H,4-11,13H2,1H3,(H,20,24)(H,26,27). The molecule has 2 N–H and O–H groups in total. The number of nitrogens with zero attached hydrogens (tertiary/aromatic N) is 3. The SMILES string of the molecule is CC(=O)Nc1cc(C(=O)O)ccc1N1CCN(CC(=O)N2CCOCC2)CC1. The molecule has 9 nitrogen and oxygen atoms in total. The van der Waals surface area contributed by atoms with Gasteiger partial charge in [-0.25, -0.2) is 4.79 Å². The summed E-state index contributed by atoms with van der Waals surface area (Å²) < 4.78 is 5.28. The Hall–Kier alpha value is -2.65. The van der Waals surface area contributed by atoms with Crippen LogP contribution < -0.4 is 10.2 Å². The number of anilines is 2. The number of nitrogens with one attached hydrogen (secondary N) is 1. The van der Waals surface area contributed by atoms with Crippen LogP contribution >= 0.6 is 0 Å². The number of carbonyl (C=O) groups is 3. The predicted molar refractivity (Wildman–Crippen MR) is 104 cm³/mol. The van der Waals surface area contributed by atoms with E-state index in [2.05, 4.69) is 15.1 Å². The second-order valence-electron chi connectivity index (χ2n) is 6.97. The van der Waals surface area contributed by atoms with Crippen molar-refractivity contribution in [1.82, 2.24) is 9.80 Å². The fraction of sp³-hybridized carbons (Fsp3) is 0.526. The lowest BCUT2D eigenvalue weighted by molar-refractivity contribution is -0.136. The van der Waals surface area contributed by atoms with Gasteiger partial charge >= 0.3 is 5.97 Å². The maximum Gasteiger partial charge on any atom is 0.335 e. The molecule has 3 rings (SSSR count). The summed E-state index contributed by atoms with van der Waals surface area (Å²) >= 11 is 0. The van der Waals surface area contributed by atoms with E-state index in [9.17, 15) is 19.5 Å². The molecule has 0 spiro atoms. The van der Waals surface area contributed by atoms with Gasteiger partial charge in [0.05, 0.1) is 36.7 Å². The summed E-state index contributed by atoms with van der Waals surface area (Å²) in [5, 5.41) is 11.9. The molecule has 9 heteroatoms. The molecule has 0 bridgehead atoms. The van der Waals surface area contributed by atoms with Gasteiger partial charge in [-0.3, -0.25) is 14.5 Å². The number of hydrogen-bond donors (Lipinski definition) is 2. The number of ether oxygens (including phenoxy) is 1. The van der Waals surface area contributed by atoms with E-state index in [0.717, 1.165) is 18.8 Å². The fourth-order valence-corrected chi connectivity index (χ4v) is 3.49. The summed E-state index contributed by atoms with van der Waals surface area (Å²) in [7, 11) is 0. The number of hydrogen-bond acceptors (Lipinski definition) is 6. The van der Waals surface area contributed by atoms with Gasteiger partial charge in [0.2, 0.25) is 11.8 Å². The predicted octanol–water partition coefficient (Wildman–Crippen LogP) is 0.324. The Morgan fingerprint density at radius 3 is 2.36 bits per heavy atom. The smallest absolute Gasteiger partial charge is 0.335 e. The number of carboxylic acids is 1. The molecule has 0 saturated carbocycles. The number of benzene rings is 1. The first-order valence-corrected chi connectivity index (χ1v) is 9.42. The molecule has 2 saturated heterocycles.